The monoisotopic (exact) mass is 462 g/mol. The highest BCUT2D eigenvalue weighted by atomic mass is 16.2. The van der Waals surface area contributed by atoms with Gasteiger partial charge in [-0.05, 0) is 22.3 Å². The number of piperidine rings is 2. The molecule has 178 valence electrons. The van der Waals surface area contributed by atoms with Gasteiger partial charge in [0.25, 0.3) is 0 Å². The molecule has 2 heterocycles. The van der Waals surface area contributed by atoms with Crippen molar-refractivity contribution >= 4 is 23.4 Å². The number of quaternary nitrogens is 2. The van der Waals surface area contributed by atoms with Crippen molar-refractivity contribution in [1.29, 1.82) is 0 Å². The molecule has 0 bridgehead atoms. The number of amides is 2. The molecule has 0 radical (unpaired) electrons. The van der Waals surface area contributed by atoms with Crippen LogP contribution in [0, 0.1) is 0 Å². The number of likely N-dealkylation sites (tertiary alicyclic amines) is 2. The molecule has 2 amide bonds. The number of Topliss-reactive ketones (excluding diaryl/α,β-unsaturated/α-hetero) is 2. The van der Waals surface area contributed by atoms with E-state index in [1.54, 1.807) is 0 Å². The Bertz CT molecular complexity index is 993. The Morgan fingerprint density at radius 2 is 0.882 bits per heavy atom. The summed E-state index contributed by atoms with van der Waals surface area (Å²) in [5, 5.41) is 0. The first kappa shape index (κ1) is 24.2. The molecule has 0 aromatic heterocycles. The van der Waals surface area contributed by atoms with Crippen LogP contribution in [-0.2, 0) is 32.0 Å². The Labute approximate surface area is 201 Å². The standard InChI is InChI=1S/C28H34N2O4/c1-29(15-11-25(31)12-16-29)27(33)19-21-3-7-23(8-4-21)24-9-5-22(6-10-24)20-28(34)30(2)17-13-26(32)14-18-30/h3-10H,11-20H2,1-2H3/q+2. The number of rotatable bonds is 5. The van der Waals surface area contributed by atoms with Gasteiger partial charge in [0.1, 0.15) is 11.6 Å². The lowest BCUT2D eigenvalue weighted by molar-refractivity contribution is -0.836. The van der Waals surface area contributed by atoms with Gasteiger partial charge in [-0.25, -0.2) is 9.59 Å². The Balaban J connectivity index is 1.36. The zero-order chi connectivity index (χ0) is 24.3. The molecule has 34 heavy (non-hydrogen) atoms. The third-order valence-corrected chi connectivity index (χ3v) is 7.69. The van der Waals surface area contributed by atoms with E-state index in [9.17, 15) is 19.2 Å². The number of nitrogens with zero attached hydrogens (tertiary/aromatic N) is 2. The summed E-state index contributed by atoms with van der Waals surface area (Å²) in [7, 11) is 3.87. The van der Waals surface area contributed by atoms with E-state index in [0.717, 1.165) is 22.3 Å². The number of likely N-dealkylation sites (N-methyl/N-ethyl adjacent to an activating group) is 2. The van der Waals surface area contributed by atoms with Gasteiger partial charge in [-0.2, -0.15) is 0 Å². The number of ketones is 2. The molecular formula is C28H34N2O4+2. The largest absolute Gasteiger partial charge is 0.317 e. The molecule has 0 saturated carbocycles. The predicted molar refractivity (Wildman–Crippen MR) is 130 cm³/mol. The van der Waals surface area contributed by atoms with Crippen LogP contribution in [0.4, 0.5) is 0 Å². The van der Waals surface area contributed by atoms with E-state index in [1.807, 2.05) is 62.6 Å². The Hall–Kier alpha value is -2.96. The molecule has 6 heteroatoms. The van der Waals surface area contributed by atoms with Crippen LogP contribution in [-0.4, -0.2) is 72.6 Å². The normalized spacial score (nSPS) is 19.6. The van der Waals surface area contributed by atoms with Crippen molar-refractivity contribution in [2.45, 2.75) is 38.5 Å². The molecule has 2 aliphatic rings. The summed E-state index contributed by atoms with van der Waals surface area (Å²) in [6.07, 6.45) is 2.69. The first-order valence-electron chi connectivity index (χ1n) is 12.1. The molecule has 0 spiro atoms. The summed E-state index contributed by atoms with van der Waals surface area (Å²) in [5.74, 6) is 0.816. The Morgan fingerprint density at radius 3 is 1.18 bits per heavy atom. The van der Waals surface area contributed by atoms with E-state index in [2.05, 4.69) is 0 Å². The van der Waals surface area contributed by atoms with Crippen molar-refractivity contribution in [3.8, 4) is 11.1 Å². The molecule has 0 aliphatic carbocycles. The zero-order valence-electron chi connectivity index (χ0n) is 20.2. The Kier molecular flexibility index (Phi) is 6.91. The fourth-order valence-corrected chi connectivity index (χ4v) is 4.82. The van der Waals surface area contributed by atoms with Crippen molar-refractivity contribution in [1.82, 2.24) is 0 Å². The lowest BCUT2D eigenvalue weighted by Crippen LogP contribution is -2.54. The van der Waals surface area contributed by atoms with Gasteiger partial charge in [0.05, 0.1) is 78.8 Å². The van der Waals surface area contributed by atoms with Gasteiger partial charge in [0.15, 0.2) is 0 Å². The fourth-order valence-electron chi connectivity index (χ4n) is 4.82. The van der Waals surface area contributed by atoms with Crippen LogP contribution in [0.25, 0.3) is 11.1 Å². The first-order chi connectivity index (χ1) is 16.2. The van der Waals surface area contributed by atoms with E-state index in [1.165, 1.54) is 0 Å². The second-order valence-electron chi connectivity index (χ2n) is 10.3. The molecule has 0 unspecified atom stereocenters. The summed E-state index contributed by atoms with van der Waals surface area (Å²) in [5.41, 5.74) is 4.08. The summed E-state index contributed by atoms with van der Waals surface area (Å²) >= 11 is 0. The molecule has 2 saturated heterocycles. The number of carbonyl (C=O) groups excluding carboxylic acids is 4. The third-order valence-electron chi connectivity index (χ3n) is 7.69. The predicted octanol–water partition coefficient (Wildman–Crippen LogP) is 3.11. The van der Waals surface area contributed by atoms with Crippen LogP contribution in [0.15, 0.2) is 48.5 Å². The quantitative estimate of drug-likeness (QED) is 0.641. The molecule has 6 nitrogen and oxygen atoms in total. The van der Waals surface area contributed by atoms with Crippen molar-refractivity contribution in [2.24, 2.45) is 0 Å². The summed E-state index contributed by atoms with van der Waals surface area (Å²) in [6, 6.07) is 16.1. The first-order valence-corrected chi connectivity index (χ1v) is 12.1. The van der Waals surface area contributed by atoms with Crippen molar-refractivity contribution in [3.63, 3.8) is 0 Å². The average molecular weight is 463 g/mol. The minimum absolute atomic E-state index is 0.156. The summed E-state index contributed by atoms with van der Waals surface area (Å²) in [4.78, 5) is 48.7. The molecular weight excluding hydrogens is 428 g/mol. The molecule has 2 aromatic carbocycles. The van der Waals surface area contributed by atoms with E-state index in [0.29, 0.717) is 73.7 Å². The van der Waals surface area contributed by atoms with E-state index >= 15 is 0 Å². The number of hydrogen-bond acceptors (Lipinski definition) is 4. The number of hydrogen-bond donors (Lipinski definition) is 0. The molecule has 0 N–H and O–H groups in total. The van der Waals surface area contributed by atoms with E-state index < -0.39 is 0 Å². The van der Waals surface area contributed by atoms with Crippen LogP contribution < -0.4 is 0 Å². The molecule has 2 aromatic rings. The lowest BCUT2D eigenvalue weighted by atomic mass is 9.99. The minimum atomic E-state index is 0.156. The maximum Gasteiger partial charge on any atom is 0.317 e. The highest BCUT2D eigenvalue weighted by molar-refractivity contribution is 5.81. The third kappa shape index (κ3) is 5.40. The van der Waals surface area contributed by atoms with Crippen LogP contribution in [0.3, 0.4) is 0 Å². The second kappa shape index (κ2) is 9.72. The minimum Gasteiger partial charge on any atom is -0.299 e. The van der Waals surface area contributed by atoms with E-state index in [-0.39, 0.29) is 23.4 Å². The van der Waals surface area contributed by atoms with Gasteiger partial charge in [-0.3, -0.25) is 18.6 Å². The maximum absolute atomic E-state index is 12.8. The SMILES string of the molecule is C[N+]1(C(=O)Cc2ccc(-c3ccc(CC(=O)[N+]4(C)CCC(=O)CC4)cc3)cc2)CCC(=O)CC1. The smallest absolute Gasteiger partial charge is 0.299 e. The summed E-state index contributed by atoms with van der Waals surface area (Å²) < 4.78 is 0.670. The van der Waals surface area contributed by atoms with Gasteiger partial charge in [-0.1, -0.05) is 48.5 Å². The van der Waals surface area contributed by atoms with Crippen LogP contribution in [0.2, 0.25) is 0 Å². The molecule has 4 rings (SSSR count). The highest BCUT2D eigenvalue weighted by Gasteiger charge is 2.36. The Morgan fingerprint density at radius 1 is 0.588 bits per heavy atom. The van der Waals surface area contributed by atoms with Crippen molar-refractivity contribution < 1.29 is 28.1 Å². The van der Waals surface area contributed by atoms with E-state index in [4.69, 9.17) is 0 Å². The average Bonchev–Trinajstić information content (AvgIpc) is 2.84. The summed E-state index contributed by atoms with van der Waals surface area (Å²) in [6.45, 7) is 2.39. The molecule has 0 atom stereocenters. The highest BCUT2D eigenvalue weighted by Crippen LogP contribution is 2.23. The second-order valence-corrected chi connectivity index (χ2v) is 10.3. The van der Waals surface area contributed by atoms with Gasteiger partial charge >= 0.3 is 11.8 Å². The van der Waals surface area contributed by atoms with Gasteiger partial charge in [0.2, 0.25) is 0 Å². The lowest BCUT2D eigenvalue weighted by Gasteiger charge is -2.34. The fraction of sp³-hybridized carbons (Fsp3) is 0.429. The topological polar surface area (TPSA) is 68.3 Å². The van der Waals surface area contributed by atoms with Crippen LogP contribution in [0.5, 0.6) is 0 Å². The number of benzene rings is 2. The van der Waals surface area contributed by atoms with Gasteiger partial charge in [0, 0.05) is 0 Å². The number of carbonyl (C=O) groups is 4. The molecule has 2 aliphatic heterocycles. The van der Waals surface area contributed by atoms with Crippen LogP contribution in [0.1, 0.15) is 36.8 Å². The van der Waals surface area contributed by atoms with Gasteiger partial charge < -0.3 is 0 Å². The van der Waals surface area contributed by atoms with Crippen molar-refractivity contribution in [2.75, 3.05) is 40.3 Å². The van der Waals surface area contributed by atoms with Crippen LogP contribution >= 0.6 is 0 Å². The van der Waals surface area contributed by atoms with Crippen molar-refractivity contribution in [3.05, 3.63) is 59.7 Å². The maximum atomic E-state index is 12.8. The zero-order valence-corrected chi connectivity index (χ0v) is 20.2. The molecule has 2 fully saturated rings. The van der Waals surface area contributed by atoms with Gasteiger partial charge in [-0.15, -0.1) is 0 Å².